The SMILES string of the molecule is CCCC1=NNC(=O)C1=C1C=C(Sc2ccc(NC(=O)c3ccco3)cc2)c2ccccc2N1. The van der Waals surface area contributed by atoms with Gasteiger partial charge in [-0.15, -0.1) is 0 Å². The van der Waals surface area contributed by atoms with Crippen molar-refractivity contribution >= 4 is 45.6 Å². The Morgan fingerprint density at radius 2 is 1.91 bits per heavy atom. The minimum absolute atomic E-state index is 0.192. The summed E-state index contributed by atoms with van der Waals surface area (Å²) in [4.78, 5) is 26.8. The summed E-state index contributed by atoms with van der Waals surface area (Å²) in [6, 6.07) is 18.9. The van der Waals surface area contributed by atoms with Gasteiger partial charge in [0.1, 0.15) is 0 Å². The molecule has 3 N–H and O–H groups in total. The van der Waals surface area contributed by atoms with E-state index in [1.807, 2.05) is 48.5 Å². The number of amides is 2. The van der Waals surface area contributed by atoms with Crippen molar-refractivity contribution in [2.24, 2.45) is 5.10 Å². The molecule has 8 heteroatoms. The second-order valence-corrected chi connectivity index (χ2v) is 8.89. The average Bonchev–Trinajstić information content (AvgIpc) is 3.51. The van der Waals surface area contributed by atoms with Gasteiger partial charge in [-0.05, 0) is 55.0 Å². The molecule has 0 saturated carbocycles. The second kappa shape index (κ2) is 9.44. The number of allylic oxidation sites excluding steroid dienone is 1. The maximum Gasteiger partial charge on any atom is 0.291 e. The van der Waals surface area contributed by atoms with E-state index in [0.29, 0.717) is 11.3 Å². The Morgan fingerprint density at radius 3 is 2.68 bits per heavy atom. The van der Waals surface area contributed by atoms with Gasteiger partial charge in [0.05, 0.1) is 23.2 Å². The highest BCUT2D eigenvalue weighted by Crippen LogP contribution is 2.42. The van der Waals surface area contributed by atoms with Crippen molar-refractivity contribution < 1.29 is 14.0 Å². The number of carbonyl (C=O) groups excluding carboxylic acids is 2. The Morgan fingerprint density at radius 1 is 1.09 bits per heavy atom. The van der Waals surface area contributed by atoms with Gasteiger partial charge in [0.15, 0.2) is 5.76 Å². The minimum atomic E-state index is -0.295. The van der Waals surface area contributed by atoms with Crippen LogP contribution in [0, 0.1) is 0 Å². The minimum Gasteiger partial charge on any atom is -0.459 e. The van der Waals surface area contributed by atoms with Gasteiger partial charge in [0, 0.05) is 26.7 Å². The number of hydrogen-bond acceptors (Lipinski definition) is 6. The number of thioether (sulfide) groups is 1. The van der Waals surface area contributed by atoms with Crippen LogP contribution in [0.15, 0.2) is 98.7 Å². The Kier molecular flexibility index (Phi) is 6.05. The van der Waals surface area contributed by atoms with Crippen LogP contribution in [0.25, 0.3) is 4.91 Å². The zero-order valence-electron chi connectivity index (χ0n) is 18.4. The lowest BCUT2D eigenvalue weighted by molar-refractivity contribution is -0.116. The molecule has 2 aromatic carbocycles. The van der Waals surface area contributed by atoms with Crippen LogP contribution >= 0.6 is 11.8 Å². The molecule has 0 bridgehead atoms. The number of nitrogens with one attached hydrogen (secondary N) is 3. The fourth-order valence-electron chi connectivity index (χ4n) is 3.81. The third-order valence-corrected chi connectivity index (χ3v) is 6.45. The van der Waals surface area contributed by atoms with Crippen molar-refractivity contribution in [2.75, 3.05) is 10.6 Å². The Labute approximate surface area is 201 Å². The van der Waals surface area contributed by atoms with Crippen molar-refractivity contribution in [3.8, 4) is 0 Å². The molecular formula is C26H22N4O3S. The van der Waals surface area contributed by atoms with E-state index in [-0.39, 0.29) is 17.6 Å². The fourth-order valence-corrected chi connectivity index (χ4v) is 4.80. The highest BCUT2D eigenvalue weighted by molar-refractivity contribution is 8.08. The van der Waals surface area contributed by atoms with Crippen LogP contribution < -0.4 is 16.1 Å². The van der Waals surface area contributed by atoms with Gasteiger partial charge in [0.2, 0.25) is 0 Å². The van der Waals surface area contributed by atoms with E-state index in [1.165, 1.54) is 6.26 Å². The summed E-state index contributed by atoms with van der Waals surface area (Å²) in [5, 5.41) is 10.5. The van der Waals surface area contributed by atoms with Gasteiger partial charge in [-0.3, -0.25) is 9.59 Å². The first-order valence-electron chi connectivity index (χ1n) is 10.9. The average molecular weight is 471 g/mol. The van der Waals surface area contributed by atoms with Crippen LogP contribution in [0.5, 0.6) is 0 Å². The summed E-state index contributed by atoms with van der Waals surface area (Å²) < 4.78 is 5.14. The highest BCUT2D eigenvalue weighted by atomic mass is 32.2. The second-order valence-electron chi connectivity index (χ2n) is 7.78. The number of para-hydroxylation sites is 1. The number of rotatable bonds is 6. The summed E-state index contributed by atoms with van der Waals surface area (Å²) in [6.45, 7) is 2.06. The lowest BCUT2D eigenvalue weighted by atomic mass is 10.0. The number of hydrogen-bond donors (Lipinski definition) is 3. The lowest BCUT2D eigenvalue weighted by Crippen LogP contribution is -2.19. The van der Waals surface area contributed by atoms with E-state index in [1.54, 1.807) is 23.9 Å². The normalized spacial score (nSPS) is 16.8. The Hall–Kier alpha value is -4.04. The topological polar surface area (TPSA) is 95.7 Å². The molecule has 0 saturated heterocycles. The molecule has 0 unspecified atom stereocenters. The first-order chi connectivity index (χ1) is 16.6. The maximum atomic E-state index is 12.5. The van der Waals surface area contributed by atoms with Crippen molar-refractivity contribution in [2.45, 2.75) is 24.7 Å². The number of benzene rings is 2. The molecular weight excluding hydrogens is 448 g/mol. The molecule has 170 valence electrons. The molecule has 0 atom stereocenters. The first-order valence-corrected chi connectivity index (χ1v) is 11.8. The van der Waals surface area contributed by atoms with Crippen LogP contribution in [0.1, 0.15) is 35.9 Å². The molecule has 3 heterocycles. The van der Waals surface area contributed by atoms with Gasteiger partial charge in [-0.1, -0.05) is 43.3 Å². The van der Waals surface area contributed by atoms with Crippen LogP contribution in [0.2, 0.25) is 0 Å². The Bertz CT molecular complexity index is 1340. The lowest BCUT2D eigenvalue weighted by Gasteiger charge is -2.22. The largest absolute Gasteiger partial charge is 0.459 e. The zero-order chi connectivity index (χ0) is 23.5. The first kappa shape index (κ1) is 21.8. The quantitative estimate of drug-likeness (QED) is 0.406. The maximum absolute atomic E-state index is 12.5. The van der Waals surface area contributed by atoms with E-state index in [0.717, 1.165) is 45.3 Å². The molecule has 2 aliphatic heterocycles. The predicted molar refractivity (Wildman–Crippen MR) is 135 cm³/mol. The number of fused-ring (bicyclic) bond motifs is 1. The van der Waals surface area contributed by atoms with Crippen molar-refractivity contribution in [1.29, 1.82) is 0 Å². The summed E-state index contributed by atoms with van der Waals surface area (Å²) in [6.07, 6.45) is 5.10. The van der Waals surface area contributed by atoms with Crippen molar-refractivity contribution in [3.63, 3.8) is 0 Å². The van der Waals surface area contributed by atoms with Crippen LogP contribution in [-0.2, 0) is 4.79 Å². The third-order valence-electron chi connectivity index (χ3n) is 5.39. The molecule has 0 spiro atoms. The third kappa shape index (κ3) is 4.40. The molecule has 5 rings (SSSR count). The van der Waals surface area contributed by atoms with E-state index in [2.05, 4.69) is 34.2 Å². The molecule has 34 heavy (non-hydrogen) atoms. The molecule has 2 amide bonds. The summed E-state index contributed by atoms with van der Waals surface area (Å²) in [5.74, 6) is -0.226. The highest BCUT2D eigenvalue weighted by Gasteiger charge is 2.28. The molecule has 0 radical (unpaired) electrons. The van der Waals surface area contributed by atoms with E-state index in [4.69, 9.17) is 4.42 Å². The number of furan rings is 1. The van der Waals surface area contributed by atoms with Gasteiger partial charge in [-0.2, -0.15) is 5.10 Å². The molecule has 3 aromatic rings. The molecule has 0 aliphatic carbocycles. The smallest absolute Gasteiger partial charge is 0.291 e. The van der Waals surface area contributed by atoms with Gasteiger partial charge < -0.3 is 15.1 Å². The standard InChI is InChI=1S/C26H22N4O3S/c1-2-6-20-24(26(32)30-29-20)21-15-23(18-7-3-4-8-19(18)28-21)34-17-12-10-16(11-13-17)27-25(31)22-9-5-14-33-22/h3-5,7-15,28H,2,6H2,1H3,(H,27,31)(H,30,32). The monoisotopic (exact) mass is 470 g/mol. The van der Waals surface area contributed by atoms with Crippen molar-refractivity contribution in [1.82, 2.24) is 5.43 Å². The van der Waals surface area contributed by atoms with Gasteiger partial charge in [0.25, 0.3) is 11.8 Å². The van der Waals surface area contributed by atoms with Crippen molar-refractivity contribution in [3.05, 3.63) is 95.6 Å². The fraction of sp³-hybridized carbons (Fsp3) is 0.115. The van der Waals surface area contributed by atoms with E-state index in [9.17, 15) is 9.59 Å². The summed E-state index contributed by atoms with van der Waals surface area (Å²) >= 11 is 1.60. The number of anilines is 2. The zero-order valence-corrected chi connectivity index (χ0v) is 19.2. The summed E-state index contributed by atoms with van der Waals surface area (Å²) in [5.41, 5.74) is 7.37. The van der Waals surface area contributed by atoms with Crippen LogP contribution in [0.3, 0.4) is 0 Å². The van der Waals surface area contributed by atoms with E-state index < -0.39 is 0 Å². The number of hydrazone groups is 1. The number of nitrogens with zero attached hydrogens (tertiary/aromatic N) is 1. The van der Waals surface area contributed by atoms with Crippen LogP contribution in [-0.4, -0.2) is 17.5 Å². The molecule has 0 fully saturated rings. The van der Waals surface area contributed by atoms with Gasteiger partial charge in [-0.25, -0.2) is 5.43 Å². The molecule has 1 aromatic heterocycles. The van der Waals surface area contributed by atoms with Gasteiger partial charge >= 0.3 is 0 Å². The predicted octanol–water partition coefficient (Wildman–Crippen LogP) is 5.63. The molecule has 7 nitrogen and oxygen atoms in total. The molecule has 2 aliphatic rings. The summed E-state index contributed by atoms with van der Waals surface area (Å²) in [7, 11) is 0. The number of carbonyl (C=O) groups is 2. The van der Waals surface area contributed by atoms with Crippen LogP contribution in [0.4, 0.5) is 11.4 Å². The Balaban J connectivity index is 1.42. The van der Waals surface area contributed by atoms with E-state index >= 15 is 0 Å².